The lowest BCUT2D eigenvalue weighted by atomic mass is 10.1. The van der Waals surface area contributed by atoms with E-state index in [9.17, 15) is 4.79 Å². The highest BCUT2D eigenvalue weighted by Crippen LogP contribution is 2.16. The number of hydrogen-bond donors (Lipinski definition) is 0. The molecule has 0 saturated carbocycles. The Labute approximate surface area is 147 Å². The molecule has 0 unspecified atom stereocenters. The molecule has 0 N–H and O–H groups in total. The molecule has 0 saturated heterocycles. The molecule has 2 aromatic heterocycles. The zero-order valence-corrected chi connectivity index (χ0v) is 14.4. The van der Waals surface area contributed by atoms with Crippen LogP contribution < -0.4 is 0 Å². The second-order valence-electron chi connectivity index (χ2n) is 5.97. The van der Waals surface area contributed by atoms with Gasteiger partial charge in [0.05, 0.1) is 0 Å². The third-order valence-corrected chi connectivity index (χ3v) is 4.29. The number of amides is 1. The van der Waals surface area contributed by atoms with Gasteiger partial charge in [-0.3, -0.25) is 14.3 Å². The van der Waals surface area contributed by atoms with Crippen LogP contribution in [0.3, 0.4) is 0 Å². The Morgan fingerprint density at radius 3 is 2.48 bits per heavy atom. The van der Waals surface area contributed by atoms with Crippen molar-refractivity contribution in [3.05, 3.63) is 72.6 Å². The summed E-state index contributed by atoms with van der Waals surface area (Å²) >= 11 is 0. The molecule has 0 fully saturated rings. The van der Waals surface area contributed by atoms with Gasteiger partial charge in [-0.15, -0.1) is 10.2 Å². The lowest BCUT2D eigenvalue weighted by Crippen LogP contribution is -2.37. The Hall–Kier alpha value is -3.02. The molecule has 6 nitrogen and oxygen atoms in total. The predicted molar refractivity (Wildman–Crippen MR) is 95.2 cm³/mol. The van der Waals surface area contributed by atoms with Crippen LogP contribution in [0.25, 0.3) is 5.69 Å². The van der Waals surface area contributed by atoms with Crippen LogP contribution in [-0.2, 0) is 6.54 Å². The third kappa shape index (κ3) is 3.91. The van der Waals surface area contributed by atoms with E-state index in [1.54, 1.807) is 29.6 Å². The SMILES string of the molecule is CC[C@H](C)N(Cc1cccnc1)C(=O)c1ccc(-n2cnnc2)cc1. The third-order valence-electron chi connectivity index (χ3n) is 4.29. The van der Waals surface area contributed by atoms with Crippen LogP contribution in [0.2, 0.25) is 0 Å². The van der Waals surface area contributed by atoms with E-state index in [-0.39, 0.29) is 11.9 Å². The van der Waals surface area contributed by atoms with Crippen molar-refractivity contribution < 1.29 is 4.79 Å². The Morgan fingerprint density at radius 1 is 1.16 bits per heavy atom. The average Bonchev–Trinajstić information content (AvgIpc) is 3.21. The molecule has 0 radical (unpaired) electrons. The first-order valence-electron chi connectivity index (χ1n) is 8.34. The smallest absolute Gasteiger partial charge is 0.254 e. The van der Waals surface area contributed by atoms with Gasteiger partial charge >= 0.3 is 0 Å². The number of carbonyl (C=O) groups excluding carboxylic acids is 1. The summed E-state index contributed by atoms with van der Waals surface area (Å²) in [4.78, 5) is 19.1. The van der Waals surface area contributed by atoms with Crippen LogP contribution in [0.15, 0.2) is 61.4 Å². The van der Waals surface area contributed by atoms with E-state index in [1.807, 2.05) is 41.3 Å². The largest absolute Gasteiger partial charge is 0.332 e. The van der Waals surface area contributed by atoms with E-state index in [2.05, 4.69) is 29.0 Å². The minimum absolute atomic E-state index is 0.0218. The van der Waals surface area contributed by atoms with Gasteiger partial charge < -0.3 is 4.90 Å². The first-order valence-corrected chi connectivity index (χ1v) is 8.34. The Morgan fingerprint density at radius 2 is 1.88 bits per heavy atom. The lowest BCUT2D eigenvalue weighted by molar-refractivity contribution is 0.0671. The summed E-state index contributed by atoms with van der Waals surface area (Å²) in [5, 5.41) is 7.59. The highest BCUT2D eigenvalue weighted by Gasteiger charge is 2.21. The molecule has 1 aromatic carbocycles. The molecule has 0 spiro atoms. The quantitative estimate of drug-likeness (QED) is 0.694. The van der Waals surface area contributed by atoms with Crippen molar-refractivity contribution in [2.75, 3.05) is 0 Å². The molecule has 0 aliphatic rings. The van der Waals surface area contributed by atoms with Crippen molar-refractivity contribution in [3.8, 4) is 5.69 Å². The zero-order valence-electron chi connectivity index (χ0n) is 14.4. The molecule has 0 aliphatic heterocycles. The standard InChI is InChI=1S/C19H21N5O/c1-3-15(2)24(12-16-5-4-10-20-11-16)19(25)17-6-8-18(9-7-17)23-13-21-22-14-23/h4-11,13-15H,3,12H2,1-2H3/t15-/m0/s1. The molecule has 0 bridgehead atoms. The van der Waals surface area contributed by atoms with Crippen molar-refractivity contribution in [2.24, 2.45) is 0 Å². The van der Waals surface area contributed by atoms with Crippen LogP contribution in [0.4, 0.5) is 0 Å². The molecular weight excluding hydrogens is 314 g/mol. The maximum atomic E-state index is 13.0. The summed E-state index contributed by atoms with van der Waals surface area (Å²) in [5.74, 6) is 0.0218. The van der Waals surface area contributed by atoms with E-state index in [0.29, 0.717) is 12.1 Å². The Kier molecular flexibility index (Phi) is 5.18. The Balaban J connectivity index is 1.82. The normalized spacial score (nSPS) is 11.9. The molecule has 0 aliphatic carbocycles. The van der Waals surface area contributed by atoms with Crippen LogP contribution in [0.5, 0.6) is 0 Å². The molecular formula is C19H21N5O. The summed E-state index contributed by atoms with van der Waals surface area (Å²) in [6.07, 6.45) is 7.70. The van der Waals surface area contributed by atoms with Gasteiger partial charge in [0.2, 0.25) is 0 Å². The van der Waals surface area contributed by atoms with Crippen molar-refractivity contribution in [3.63, 3.8) is 0 Å². The van der Waals surface area contributed by atoms with E-state index in [1.165, 1.54) is 0 Å². The number of rotatable bonds is 6. The molecule has 6 heteroatoms. The summed E-state index contributed by atoms with van der Waals surface area (Å²) in [6.45, 7) is 4.71. The van der Waals surface area contributed by atoms with E-state index < -0.39 is 0 Å². The van der Waals surface area contributed by atoms with Gasteiger partial charge in [-0.2, -0.15) is 0 Å². The molecule has 3 aromatic rings. The monoisotopic (exact) mass is 335 g/mol. The van der Waals surface area contributed by atoms with Gasteiger partial charge in [0.25, 0.3) is 5.91 Å². The summed E-state index contributed by atoms with van der Waals surface area (Å²) < 4.78 is 1.80. The summed E-state index contributed by atoms with van der Waals surface area (Å²) in [5.41, 5.74) is 2.61. The lowest BCUT2D eigenvalue weighted by Gasteiger charge is -2.29. The average molecular weight is 335 g/mol. The Bertz CT molecular complexity index is 800. The van der Waals surface area contributed by atoms with E-state index in [0.717, 1.165) is 17.7 Å². The zero-order chi connectivity index (χ0) is 17.6. The van der Waals surface area contributed by atoms with Gasteiger partial charge in [0.1, 0.15) is 12.7 Å². The number of hydrogen-bond acceptors (Lipinski definition) is 4. The van der Waals surface area contributed by atoms with Crippen molar-refractivity contribution in [1.29, 1.82) is 0 Å². The number of benzene rings is 1. The van der Waals surface area contributed by atoms with Crippen molar-refractivity contribution >= 4 is 5.91 Å². The van der Waals surface area contributed by atoms with Crippen LogP contribution >= 0.6 is 0 Å². The molecule has 2 heterocycles. The highest BCUT2D eigenvalue weighted by molar-refractivity contribution is 5.94. The maximum Gasteiger partial charge on any atom is 0.254 e. The molecule has 1 amide bonds. The highest BCUT2D eigenvalue weighted by atomic mass is 16.2. The van der Waals surface area contributed by atoms with E-state index >= 15 is 0 Å². The number of aromatic nitrogens is 4. The topological polar surface area (TPSA) is 63.9 Å². The second-order valence-corrected chi connectivity index (χ2v) is 5.97. The van der Waals surface area contributed by atoms with E-state index in [4.69, 9.17) is 0 Å². The van der Waals surface area contributed by atoms with Gasteiger partial charge in [-0.1, -0.05) is 13.0 Å². The fraction of sp³-hybridized carbons (Fsp3) is 0.263. The molecule has 1 atom stereocenters. The fourth-order valence-electron chi connectivity index (χ4n) is 2.61. The minimum Gasteiger partial charge on any atom is -0.332 e. The van der Waals surface area contributed by atoms with Gasteiger partial charge in [0.15, 0.2) is 0 Å². The number of nitrogens with zero attached hydrogens (tertiary/aromatic N) is 5. The molecule has 128 valence electrons. The summed E-state index contributed by atoms with van der Waals surface area (Å²) in [7, 11) is 0. The first kappa shape index (κ1) is 16.8. The number of carbonyl (C=O) groups is 1. The second kappa shape index (κ2) is 7.70. The number of pyridine rings is 1. The summed E-state index contributed by atoms with van der Waals surface area (Å²) in [6, 6.07) is 11.5. The van der Waals surface area contributed by atoms with Gasteiger partial charge in [-0.25, -0.2) is 0 Å². The van der Waals surface area contributed by atoms with Gasteiger partial charge in [-0.05, 0) is 49.2 Å². The fourth-order valence-corrected chi connectivity index (χ4v) is 2.61. The molecule has 3 rings (SSSR count). The predicted octanol–water partition coefficient (Wildman–Crippen LogP) is 3.10. The maximum absolute atomic E-state index is 13.0. The van der Waals surface area contributed by atoms with Crippen molar-refractivity contribution in [2.45, 2.75) is 32.9 Å². The van der Waals surface area contributed by atoms with Crippen LogP contribution in [0, 0.1) is 0 Å². The van der Waals surface area contributed by atoms with Gasteiger partial charge in [0, 0.05) is 36.2 Å². The molecule has 25 heavy (non-hydrogen) atoms. The first-order chi connectivity index (χ1) is 12.2. The minimum atomic E-state index is 0.0218. The van der Waals surface area contributed by atoms with Crippen LogP contribution in [0.1, 0.15) is 36.2 Å². The van der Waals surface area contributed by atoms with Crippen molar-refractivity contribution in [1.82, 2.24) is 24.6 Å². The van der Waals surface area contributed by atoms with Crippen LogP contribution in [-0.4, -0.2) is 36.6 Å².